The summed E-state index contributed by atoms with van der Waals surface area (Å²) in [5.41, 5.74) is 6.58. The Hall–Kier alpha value is -2.55. The van der Waals surface area contributed by atoms with Crippen LogP contribution in [0.2, 0.25) is 0 Å². The van der Waals surface area contributed by atoms with Crippen molar-refractivity contribution in [2.45, 2.75) is 13.0 Å². The van der Waals surface area contributed by atoms with Gasteiger partial charge in [0, 0.05) is 20.3 Å². The maximum Gasteiger partial charge on any atom is 0.307 e. The van der Waals surface area contributed by atoms with Crippen LogP contribution in [0.3, 0.4) is 0 Å². The lowest BCUT2D eigenvalue weighted by atomic mass is 10.0. The van der Waals surface area contributed by atoms with Crippen molar-refractivity contribution in [3.63, 3.8) is 0 Å². The molecule has 0 atom stereocenters. The number of aliphatic carboxylic acids is 1. The number of rotatable bonds is 10. The summed E-state index contributed by atoms with van der Waals surface area (Å²) >= 11 is 0. The van der Waals surface area contributed by atoms with Crippen LogP contribution in [-0.2, 0) is 27.2 Å². The van der Waals surface area contributed by atoms with Gasteiger partial charge in [0.05, 0.1) is 18.5 Å². The molecule has 2 rings (SSSR count). The van der Waals surface area contributed by atoms with Crippen LogP contribution in [0.15, 0.2) is 28.7 Å². The van der Waals surface area contributed by atoms with Gasteiger partial charge in [0.2, 0.25) is 0 Å². The average molecular weight is 351 g/mol. The predicted octanol–water partition coefficient (Wildman–Crippen LogP) is 2.00. The summed E-state index contributed by atoms with van der Waals surface area (Å²) < 4.78 is 26.5. The number of hydrogen-bond donors (Lipinski definition) is 2. The number of furan rings is 1. The fourth-order valence-electron chi connectivity index (χ4n) is 2.30. The van der Waals surface area contributed by atoms with Crippen molar-refractivity contribution < 1.29 is 33.3 Å². The molecular formula is C17H21NO7. The van der Waals surface area contributed by atoms with Crippen LogP contribution in [0.25, 0.3) is 11.3 Å². The number of hydrogen-bond acceptors (Lipinski definition) is 7. The van der Waals surface area contributed by atoms with Crippen LogP contribution in [0.1, 0.15) is 11.3 Å². The van der Waals surface area contributed by atoms with Crippen molar-refractivity contribution in [1.29, 1.82) is 0 Å². The third-order valence-corrected chi connectivity index (χ3v) is 3.28. The van der Waals surface area contributed by atoms with Crippen LogP contribution in [0, 0.1) is 0 Å². The minimum absolute atomic E-state index is 0.0162. The van der Waals surface area contributed by atoms with Crippen LogP contribution in [0.4, 0.5) is 0 Å². The zero-order chi connectivity index (χ0) is 18.2. The third-order valence-electron chi connectivity index (χ3n) is 3.28. The molecule has 0 aliphatic rings. The van der Waals surface area contributed by atoms with Crippen LogP contribution < -0.4 is 15.2 Å². The molecule has 0 radical (unpaired) electrons. The van der Waals surface area contributed by atoms with Gasteiger partial charge >= 0.3 is 5.97 Å². The van der Waals surface area contributed by atoms with Crippen molar-refractivity contribution in [2.75, 3.05) is 27.8 Å². The van der Waals surface area contributed by atoms with E-state index in [-0.39, 0.29) is 26.6 Å². The molecule has 0 amide bonds. The van der Waals surface area contributed by atoms with Gasteiger partial charge in [0.1, 0.15) is 23.0 Å². The van der Waals surface area contributed by atoms with Crippen molar-refractivity contribution in [1.82, 2.24) is 0 Å². The van der Waals surface area contributed by atoms with E-state index >= 15 is 0 Å². The first-order chi connectivity index (χ1) is 12.1. The Bertz CT molecular complexity index is 711. The number of carboxylic acids is 1. The Balaban J connectivity index is 2.55. The highest BCUT2D eigenvalue weighted by atomic mass is 16.7. The van der Waals surface area contributed by atoms with Crippen LogP contribution in [-0.4, -0.2) is 38.9 Å². The molecular weight excluding hydrogens is 330 g/mol. The van der Waals surface area contributed by atoms with Gasteiger partial charge in [-0.3, -0.25) is 4.79 Å². The summed E-state index contributed by atoms with van der Waals surface area (Å²) in [6.07, 6.45) is -0.235. The number of ether oxygens (including phenoxy) is 4. The lowest BCUT2D eigenvalue weighted by Crippen LogP contribution is -2.07. The van der Waals surface area contributed by atoms with Gasteiger partial charge in [-0.15, -0.1) is 0 Å². The molecule has 1 aromatic heterocycles. The zero-order valence-electron chi connectivity index (χ0n) is 14.1. The monoisotopic (exact) mass is 351 g/mol. The summed E-state index contributed by atoms with van der Waals surface area (Å²) in [6, 6.07) is 6.70. The molecule has 25 heavy (non-hydrogen) atoms. The largest absolute Gasteiger partial charge is 0.481 e. The van der Waals surface area contributed by atoms with E-state index in [1.54, 1.807) is 24.3 Å². The summed E-state index contributed by atoms with van der Waals surface area (Å²) in [5, 5.41) is 9.24. The predicted molar refractivity (Wildman–Crippen MR) is 88.4 cm³/mol. The lowest BCUT2D eigenvalue weighted by molar-refractivity contribution is -0.136. The highest BCUT2D eigenvalue weighted by Gasteiger charge is 2.20. The Kier molecular flexibility index (Phi) is 6.81. The highest BCUT2D eigenvalue weighted by molar-refractivity contribution is 5.79. The number of benzene rings is 1. The quantitative estimate of drug-likeness (QED) is 0.625. The fraction of sp³-hybridized carbons (Fsp3) is 0.353. The van der Waals surface area contributed by atoms with Gasteiger partial charge < -0.3 is 34.2 Å². The average Bonchev–Trinajstić information content (AvgIpc) is 3.06. The van der Waals surface area contributed by atoms with Crippen molar-refractivity contribution in [2.24, 2.45) is 5.73 Å². The first-order valence-electron chi connectivity index (χ1n) is 7.50. The summed E-state index contributed by atoms with van der Waals surface area (Å²) in [6.45, 7) is 0.239. The number of carboxylic acid groups (broad SMARTS) is 1. The van der Waals surface area contributed by atoms with Gasteiger partial charge in [0.15, 0.2) is 13.6 Å². The van der Waals surface area contributed by atoms with E-state index in [4.69, 9.17) is 29.1 Å². The van der Waals surface area contributed by atoms with Gasteiger partial charge in [-0.2, -0.15) is 0 Å². The first kappa shape index (κ1) is 18.8. The molecule has 0 bridgehead atoms. The number of nitrogens with two attached hydrogens (primary N) is 1. The van der Waals surface area contributed by atoms with Crippen LogP contribution in [0.5, 0.6) is 11.5 Å². The molecule has 1 aromatic carbocycles. The van der Waals surface area contributed by atoms with Crippen molar-refractivity contribution in [3.05, 3.63) is 35.6 Å². The molecule has 2 aromatic rings. The molecule has 136 valence electrons. The van der Waals surface area contributed by atoms with E-state index in [1.807, 2.05) is 0 Å². The molecule has 0 saturated carbocycles. The smallest absolute Gasteiger partial charge is 0.307 e. The molecule has 1 heterocycles. The topological polar surface area (TPSA) is 113 Å². The molecule has 0 spiro atoms. The first-order valence-corrected chi connectivity index (χ1v) is 7.50. The van der Waals surface area contributed by atoms with Crippen molar-refractivity contribution in [3.8, 4) is 22.8 Å². The standard InChI is InChI=1S/C17H21NO7/c1-21-9-23-13-5-11(6-16(19)20)17(15(7-13)24-10-22-2)14-4-3-12(8-18)25-14/h3-5,7H,6,8-10,18H2,1-2H3,(H,19,20). The second-order valence-electron chi connectivity index (χ2n) is 5.10. The molecule has 8 nitrogen and oxygen atoms in total. The van der Waals surface area contributed by atoms with Crippen LogP contribution >= 0.6 is 0 Å². The van der Waals surface area contributed by atoms with E-state index in [1.165, 1.54) is 14.2 Å². The van der Waals surface area contributed by atoms with E-state index in [0.717, 1.165) is 0 Å². The molecule has 3 N–H and O–H groups in total. The van der Waals surface area contributed by atoms with Gasteiger partial charge in [-0.25, -0.2) is 0 Å². The normalized spacial score (nSPS) is 10.7. The van der Waals surface area contributed by atoms with Crippen molar-refractivity contribution >= 4 is 5.97 Å². The minimum Gasteiger partial charge on any atom is -0.481 e. The van der Waals surface area contributed by atoms with E-state index in [0.29, 0.717) is 34.1 Å². The molecule has 0 fully saturated rings. The number of methoxy groups -OCH3 is 2. The Morgan fingerprint density at radius 2 is 1.88 bits per heavy atom. The van der Waals surface area contributed by atoms with E-state index < -0.39 is 5.97 Å². The molecule has 8 heteroatoms. The lowest BCUT2D eigenvalue weighted by Gasteiger charge is -2.16. The molecule has 0 unspecified atom stereocenters. The second-order valence-corrected chi connectivity index (χ2v) is 5.10. The van der Waals surface area contributed by atoms with E-state index in [9.17, 15) is 9.90 Å². The fourth-order valence-corrected chi connectivity index (χ4v) is 2.30. The van der Waals surface area contributed by atoms with Gasteiger partial charge in [-0.05, 0) is 23.8 Å². The third kappa shape index (κ3) is 4.96. The summed E-state index contributed by atoms with van der Waals surface area (Å²) in [7, 11) is 2.98. The SMILES string of the molecule is COCOc1cc(CC(=O)O)c(-c2ccc(CN)o2)c(OCOC)c1. The summed E-state index contributed by atoms with van der Waals surface area (Å²) in [4.78, 5) is 11.3. The molecule has 0 aliphatic carbocycles. The maximum absolute atomic E-state index is 11.3. The second kappa shape index (κ2) is 9.07. The Morgan fingerprint density at radius 3 is 2.48 bits per heavy atom. The highest BCUT2D eigenvalue weighted by Crippen LogP contribution is 2.38. The zero-order valence-corrected chi connectivity index (χ0v) is 14.1. The maximum atomic E-state index is 11.3. The van der Waals surface area contributed by atoms with Gasteiger partial charge in [0.25, 0.3) is 0 Å². The molecule has 0 aliphatic heterocycles. The number of carbonyl (C=O) groups is 1. The summed E-state index contributed by atoms with van der Waals surface area (Å²) in [5.74, 6) is 0.839. The Morgan fingerprint density at radius 1 is 1.16 bits per heavy atom. The van der Waals surface area contributed by atoms with E-state index in [2.05, 4.69) is 0 Å². The Labute approximate surface area is 145 Å². The molecule has 0 saturated heterocycles. The minimum atomic E-state index is -0.992. The van der Waals surface area contributed by atoms with Gasteiger partial charge in [-0.1, -0.05) is 0 Å².